The van der Waals surface area contributed by atoms with E-state index >= 15 is 0 Å². The van der Waals surface area contributed by atoms with Gasteiger partial charge < -0.3 is 9.88 Å². The maximum Gasteiger partial charge on any atom is 0.275 e. The summed E-state index contributed by atoms with van der Waals surface area (Å²) in [5.41, 5.74) is 1.18. The second-order valence-corrected chi connectivity index (χ2v) is 10.4. The van der Waals surface area contributed by atoms with Crippen LogP contribution in [-0.2, 0) is 11.3 Å². The fraction of sp³-hybridized carbons (Fsp3) is 0.417. The van der Waals surface area contributed by atoms with Gasteiger partial charge in [0.1, 0.15) is 11.2 Å². The van der Waals surface area contributed by atoms with E-state index in [4.69, 9.17) is 11.6 Å². The van der Waals surface area contributed by atoms with Gasteiger partial charge in [-0.1, -0.05) is 37.4 Å². The van der Waals surface area contributed by atoms with E-state index in [0.717, 1.165) is 29.5 Å². The summed E-state index contributed by atoms with van der Waals surface area (Å²) in [5, 5.41) is 5.86. The first-order valence-corrected chi connectivity index (χ1v) is 12.1. The third-order valence-electron chi connectivity index (χ3n) is 6.89. The zero-order chi connectivity index (χ0) is 21.8. The summed E-state index contributed by atoms with van der Waals surface area (Å²) < 4.78 is 3.05. The number of benzene rings is 1. The van der Waals surface area contributed by atoms with Crippen molar-refractivity contribution in [2.75, 3.05) is 4.90 Å². The van der Waals surface area contributed by atoms with Gasteiger partial charge in [-0.2, -0.15) is 0 Å². The monoisotopic (exact) mass is 455 g/mol. The van der Waals surface area contributed by atoms with Gasteiger partial charge in [-0.3, -0.25) is 14.5 Å². The number of anilines is 1. The zero-order valence-electron chi connectivity index (χ0n) is 17.7. The minimum absolute atomic E-state index is 0.109. The Bertz CT molecular complexity index is 1170. The van der Waals surface area contributed by atoms with Crippen LogP contribution in [0.25, 0.3) is 10.2 Å². The van der Waals surface area contributed by atoms with Crippen molar-refractivity contribution in [1.29, 1.82) is 0 Å². The van der Waals surface area contributed by atoms with E-state index in [1.54, 1.807) is 28.4 Å². The van der Waals surface area contributed by atoms with E-state index in [1.807, 2.05) is 41.1 Å². The molecule has 1 aliphatic carbocycles. The van der Waals surface area contributed by atoms with Gasteiger partial charge in [0.15, 0.2) is 0 Å². The normalized spacial score (nSPS) is 26.2. The van der Waals surface area contributed by atoms with Crippen LogP contribution < -0.4 is 10.2 Å². The maximum absolute atomic E-state index is 13.8. The number of carbonyl (C=O) groups is 2. The minimum Gasteiger partial charge on any atom is -0.351 e. The zero-order valence-corrected chi connectivity index (χ0v) is 19.3. The quantitative estimate of drug-likeness (QED) is 0.569. The molecule has 5 rings (SSSR count). The summed E-state index contributed by atoms with van der Waals surface area (Å²) in [6.45, 7) is 4.47. The highest BCUT2D eigenvalue weighted by atomic mass is 35.5. The predicted octanol–water partition coefficient (Wildman–Crippen LogP) is 5.47. The van der Waals surface area contributed by atoms with Crippen LogP contribution in [0.4, 0.5) is 5.69 Å². The molecule has 1 aromatic carbocycles. The highest BCUT2D eigenvalue weighted by Crippen LogP contribution is 2.38. The fourth-order valence-electron chi connectivity index (χ4n) is 5.09. The van der Waals surface area contributed by atoms with Crippen molar-refractivity contribution < 1.29 is 9.59 Å². The average Bonchev–Trinajstić information content (AvgIpc) is 3.32. The molecule has 0 spiro atoms. The van der Waals surface area contributed by atoms with Gasteiger partial charge in [-0.05, 0) is 61.4 Å². The lowest BCUT2D eigenvalue weighted by Gasteiger charge is -2.45. The summed E-state index contributed by atoms with van der Waals surface area (Å²) in [7, 11) is 0. The summed E-state index contributed by atoms with van der Waals surface area (Å²) in [4.78, 5) is 29.2. The van der Waals surface area contributed by atoms with E-state index in [2.05, 4.69) is 12.2 Å². The molecular formula is C24H26ClN3O2S. The summed E-state index contributed by atoms with van der Waals surface area (Å²) in [5.74, 6) is 0.152. The number of nitrogens with one attached hydrogen (secondary N) is 1. The standard InChI is InChI=1S/C24H26ClN3O2S/c1-15-6-3-4-9-18(15)26-23(30)24(2)14-27-19-10-11-31-21(19)13-20(27)22(29)28(24)17-8-5-7-16(25)12-17/h5,7-8,10-13,15,18H,3-4,6,9,14H2,1-2H3,(H,26,30). The third-order valence-corrected chi connectivity index (χ3v) is 7.98. The van der Waals surface area contributed by atoms with E-state index in [-0.39, 0.29) is 17.9 Å². The second kappa shape index (κ2) is 7.68. The van der Waals surface area contributed by atoms with Gasteiger partial charge >= 0.3 is 0 Å². The molecule has 1 fully saturated rings. The van der Waals surface area contributed by atoms with Crippen LogP contribution in [0.1, 0.15) is 50.0 Å². The topological polar surface area (TPSA) is 54.3 Å². The Morgan fingerprint density at radius 1 is 1.23 bits per heavy atom. The van der Waals surface area contributed by atoms with Gasteiger partial charge in [-0.25, -0.2) is 0 Å². The number of amides is 2. The van der Waals surface area contributed by atoms with Crippen LogP contribution >= 0.6 is 22.9 Å². The maximum atomic E-state index is 13.8. The third kappa shape index (κ3) is 3.37. The first-order chi connectivity index (χ1) is 14.9. The van der Waals surface area contributed by atoms with Gasteiger partial charge in [-0.15, -0.1) is 11.3 Å². The molecular weight excluding hydrogens is 430 g/mol. The number of nitrogens with zero attached hydrogens (tertiary/aromatic N) is 2. The predicted molar refractivity (Wildman–Crippen MR) is 126 cm³/mol. The number of carbonyl (C=O) groups excluding carboxylic acids is 2. The molecule has 3 aromatic rings. The molecule has 0 radical (unpaired) electrons. The van der Waals surface area contributed by atoms with E-state index < -0.39 is 5.54 Å². The number of fused-ring (bicyclic) bond motifs is 3. The highest BCUT2D eigenvalue weighted by molar-refractivity contribution is 7.17. The van der Waals surface area contributed by atoms with Crippen LogP contribution in [0.2, 0.25) is 5.02 Å². The molecule has 1 saturated carbocycles. The minimum atomic E-state index is -1.07. The van der Waals surface area contributed by atoms with Gasteiger partial charge in [0.25, 0.3) is 5.91 Å². The average molecular weight is 456 g/mol. The molecule has 162 valence electrons. The molecule has 0 bridgehead atoms. The highest BCUT2D eigenvalue weighted by Gasteiger charge is 2.49. The summed E-state index contributed by atoms with van der Waals surface area (Å²) >= 11 is 7.87. The fourth-order valence-corrected chi connectivity index (χ4v) is 6.09. The van der Waals surface area contributed by atoms with Crippen LogP contribution in [0.5, 0.6) is 0 Å². The van der Waals surface area contributed by atoms with E-state index in [9.17, 15) is 9.59 Å². The van der Waals surface area contributed by atoms with Crippen molar-refractivity contribution in [1.82, 2.24) is 9.88 Å². The Hall–Kier alpha value is -2.31. The Balaban J connectivity index is 1.60. The molecule has 2 aromatic heterocycles. The van der Waals surface area contributed by atoms with Crippen LogP contribution in [0.15, 0.2) is 41.8 Å². The molecule has 0 saturated heterocycles. The molecule has 31 heavy (non-hydrogen) atoms. The molecule has 5 nitrogen and oxygen atoms in total. The van der Waals surface area contributed by atoms with Gasteiger partial charge in [0.05, 0.1) is 16.8 Å². The van der Waals surface area contributed by atoms with Gasteiger partial charge in [0, 0.05) is 16.8 Å². The first-order valence-electron chi connectivity index (χ1n) is 10.9. The van der Waals surface area contributed by atoms with E-state index in [0.29, 0.717) is 28.9 Å². The summed E-state index contributed by atoms with van der Waals surface area (Å²) in [6.07, 6.45) is 4.44. The van der Waals surface area contributed by atoms with E-state index in [1.165, 1.54) is 6.42 Å². The number of hydrogen-bond donors (Lipinski definition) is 1. The SMILES string of the molecule is CC1CCCCC1NC(=O)C1(C)Cn2c(cc3sccc32)C(=O)N1c1cccc(Cl)c1. The Kier molecular flexibility index (Phi) is 5.10. The Labute approximate surface area is 191 Å². The lowest BCUT2D eigenvalue weighted by molar-refractivity contribution is -0.127. The molecule has 2 amide bonds. The smallest absolute Gasteiger partial charge is 0.275 e. The van der Waals surface area contributed by atoms with Crippen molar-refractivity contribution in [3.8, 4) is 0 Å². The molecule has 1 N–H and O–H groups in total. The second-order valence-electron chi connectivity index (χ2n) is 9.02. The van der Waals surface area contributed by atoms with Gasteiger partial charge in [0.2, 0.25) is 5.91 Å². The number of hydrogen-bond acceptors (Lipinski definition) is 3. The van der Waals surface area contributed by atoms with Crippen LogP contribution in [-0.4, -0.2) is 28.0 Å². The first kappa shape index (κ1) is 20.6. The number of thiophene rings is 1. The van der Waals surface area contributed by atoms with Crippen molar-refractivity contribution in [3.05, 3.63) is 52.5 Å². The Morgan fingerprint density at radius 2 is 2.03 bits per heavy atom. The number of halogens is 1. The van der Waals surface area contributed by atoms with Crippen LogP contribution in [0.3, 0.4) is 0 Å². The lowest BCUT2D eigenvalue weighted by Crippen LogP contribution is -2.65. The molecule has 1 aliphatic heterocycles. The van der Waals surface area contributed by atoms with Crippen LogP contribution in [0, 0.1) is 5.92 Å². The largest absolute Gasteiger partial charge is 0.351 e. The Morgan fingerprint density at radius 3 is 2.81 bits per heavy atom. The lowest BCUT2D eigenvalue weighted by atomic mass is 9.85. The van der Waals surface area contributed by atoms with Crippen molar-refractivity contribution in [2.45, 2.75) is 57.7 Å². The van der Waals surface area contributed by atoms with Crippen molar-refractivity contribution in [3.63, 3.8) is 0 Å². The molecule has 7 heteroatoms. The molecule has 3 heterocycles. The number of aromatic nitrogens is 1. The number of rotatable bonds is 3. The molecule has 2 aliphatic rings. The van der Waals surface area contributed by atoms with Crippen molar-refractivity contribution >= 4 is 50.7 Å². The molecule has 3 unspecified atom stereocenters. The van der Waals surface area contributed by atoms with Crippen molar-refractivity contribution in [2.24, 2.45) is 5.92 Å². The molecule has 3 atom stereocenters. The summed E-state index contributed by atoms with van der Waals surface area (Å²) in [6, 6.07) is 11.3.